The molecule has 0 aliphatic carbocycles. The van der Waals surface area contributed by atoms with Crippen LogP contribution in [0.15, 0.2) is 48.5 Å². The van der Waals surface area contributed by atoms with Gasteiger partial charge >= 0.3 is 0 Å². The number of hydrogen-bond acceptors (Lipinski definition) is 2. The fourth-order valence-corrected chi connectivity index (χ4v) is 3.60. The first-order chi connectivity index (χ1) is 9.83. The summed E-state index contributed by atoms with van der Waals surface area (Å²) in [4.78, 5) is 0. The summed E-state index contributed by atoms with van der Waals surface area (Å²) in [5.74, 6) is 0.349. The highest BCUT2D eigenvalue weighted by molar-refractivity contribution is 5.57. The lowest BCUT2D eigenvalue weighted by molar-refractivity contribution is 0.390. The summed E-state index contributed by atoms with van der Waals surface area (Å²) in [6.07, 6.45) is 1.15. The van der Waals surface area contributed by atoms with Crippen molar-refractivity contribution in [2.75, 3.05) is 11.9 Å². The summed E-state index contributed by atoms with van der Waals surface area (Å²) >= 11 is 0. The minimum atomic E-state index is -0.175. The molecule has 20 heavy (non-hydrogen) atoms. The molecule has 1 fully saturated rings. The Labute approximate surface area is 118 Å². The Hall–Kier alpha value is -1.87. The van der Waals surface area contributed by atoms with Gasteiger partial charge in [-0.25, -0.2) is 4.39 Å². The Morgan fingerprint density at radius 2 is 1.75 bits per heavy atom. The van der Waals surface area contributed by atoms with Crippen molar-refractivity contribution in [3.05, 3.63) is 65.5 Å². The van der Waals surface area contributed by atoms with Crippen LogP contribution in [0, 0.1) is 11.7 Å². The number of anilines is 1. The molecule has 2 nitrogen and oxygen atoms in total. The summed E-state index contributed by atoms with van der Waals surface area (Å²) in [5, 5.41) is 7.25. The fraction of sp³-hybridized carbons (Fsp3) is 0.294. The van der Waals surface area contributed by atoms with E-state index in [1.165, 1.54) is 16.8 Å². The minimum Gasteiger partial charge on any atom is -0.378 e. The van der Waals surface area contributed by atoms with E-state index in [4.69, 9.17) is 0 Å². The lowest BCUT2D eigenvalue weighted by atomic mass is 9.80. The van der Waals surface area contributed by atoms with Gasteiger partial charge < -0.3 is 10.6 Å². The quantitative estimate of drug-likeness (QED) is 0.825. The van der Waals surface area contributed by atoms with Crippen molar-refractivity contribution >= 4 is 5.69 Å². The largest absolute Gasteiger partial charge is 0.378 e. The zero-order valence-corrected chi connectivity index (χ0v) is 11.1. The van der Waals surface area contributed by atoms with Crippen molar-refractivity contribution in [1.82, 2.24) is 5.32 Å². The average molecular weight is 268 g/mol. The number of hydrogen-bond donors (Lipinski definition) is 2. The van der Waals surface area contributed by atoms with Crippen LogP contribution >= 0.6 is 0 Å². The smallest absolute Gasteiger partial charge is 0.123 e. The van der Waals surface area contributed by atoms with E-state index in [1.54, 1.807) is 12.1 Å². The molecule has 3 atom stereocenters. The summed E-state index contributed by atoms with van der Waals surface area (Å²) < 4.78 is 13.1. The standard InChI is InChI=1S/C17H17FN2/c18-12-7-5-11(6-8-12)16-14-9-10-19-17(14)13-3-1-2-4-15(13)20-16/h1-8,14,16-17,19-20H,9-10H2. The number of benzene rings is 2. The highest BCUT2D eigenvalue weighted by Gasteiger charge is 2.39. The molecule has 3 unspecified atom stereocenters. The molecule has 2 N–H and O–H groups in total. The van der Waals surface area contributed by atoms with Crippen molar-refractivity contribution in [3.8, 4) is 0 Å². The molecule has 1 saturated heterocycles. The van der Waals surface area contributed by atoms with Gasteiger partial charge in [0.1, 0.15) is 5.82 Å². The molecule has 3 heteroatoms. The highest BCUT2D eigenvalue weighted by Crippen LogP contribution is 2.46. The Bertz CT molecular complexity index is 623. The van der Waals surface area contributed by atoms with Gasteiger partial charge in [0.25, 0.3) is 0 Å². The molecule has 0 bridgehead atoms. The van der Waals surface area contributed by atoms with Crippen LogP contribution in [0.5, 0.6) is 0 Å². The molecule has 2 heterocycles. The van der Waals surface area contributed by atoms with E-state index in [9.17, 15) is 4.39 Å². The lowest BCUT2D eigenvalue weighted by Gasteiger charge is -2.37. The molecule has 0 spiro atoms. The number of halogens is 1. The maximum atomic E-state index is 13.1. The molecule has 0 aromatic heterocycles. The van der Waals surface area contributed by atoms with Crippen molar-refractivity contribution in [3.63, 3.8) is 0 Å². The van der Waals surface area contributed by atoms with Crippen molar-refractivity contribution in [2.24, 2.45) is 5.92 Å². The number of nitrogens with one attached hydrogen (secondary N) is 2. The zero-order valence-electron chi connectivity index (χ0n) is 11.1. The van der Waals surface area contributed by atoms with Crippen LogP contribution in [0.25, 0.3) is 0 Å². The Morgan fingerprint density at radius 1 is 0.950 bits per heavy atom. The van der Waals surface area contributed by atoms with E-state index in [0.29, 0.717) is 12.0 Å². The third-order valence-electron chi connectivity index (χ3n) is 4.53. The van der Waals surface area contributed by atoms with Crippen LogP contribution in [0.2, 0.25) is 0 Å². The second kappa shape index (κ2) is 4.60. The van der Waals surface area contributed by atoms with Crippen LogP contribution in [0.1, 0.15) is 29.6 Å². The fourth-order valence-electron chi connectivity index (χ4n) is 3.60. The molecule has 0 amide bonds. The number of rotatable bonds is 1. The molecule has 2 aromatic rings. The van der Waals surface area contributed by atoms with Gasteiger partial charge in [-0.1, -0.05) is 30.3 Å². The van der Waals surface area contributed by atoms with E-state index in [2.05, 4.69) is 34.9 Å². The Balaban J connectivity index is 1.76. The SMILES string of the molecule is Fc1ccc(C2Nc3ccccc3C3NCCC23)cc1. The normalized spacial score (nSPS) is 27.6. The van der Waals surface area contributed by atoms with E-state index in [0.717, 1.165) is 13.0 Å². The highest BCUT2D eigenvalue weighted by atomic mass is 19.1. The van der Waals surface area contributed by atoms with Gasteiger partial charge in [-0.05, 0) is 42.3 Å². The molecule has 2 aromatic carbocycles. The summed E-state index contributed by atoms with van der Waals surface area (Å²) in [7, 11) is 0. The second-order valence-corrected chi connectivity index (χ2v) is 5.65. The minimum absolute atomic E-state index is 0.175. The first-order valence-electron chi connectivity index (χ1n) is 7.17. The third kappa shape index (κ3) is 1.81. The zero-order chi connectivity index (χ0) is 13.5. The van der Waals surface area contributed by atoms with Gasteiger partial charge in [0, 0.05) is 17.6 Å². The first kappa shape index (κ1) is 11.9. The summed E-state index contributed by atoms with van der Waals surface area (Å²) in [6, 6.07) is 16.0. The molecule has 2 aliphatic heterocycles. The number of para-hydroxylation sites is 1. The number of fused-ring (bicyclic) bond motifs is 3. The third-order valence-corrected chi connectivity index (χ3v) is 4.53. The predicted molar refractivity (Wildman–Crippen MR) is 78.1 cm³/mol. The molecular formula is C17H17FN2. The van der Waals surface area contributed by atoms with Gasteiger partial charge in [0.2, 0.25) is 0 Å². The van der Waals surface area contributed by atoms with E-state index in [-0.39, 0.29) is 11.9 Å². The van der Waals surface area contributed by atoms with Gasteiger partial charge in [0.05, 0.1) is 6.04 Å². The van der Waals surface area contributed by atoms with Crippen molar-refractivity contribution < 1.29 is 4.39 Å². The van der Waals surface area contributed by atoms with E-state index in [1.807, 2.05) is 12.1 Å². The summed E-state index contributed by atoms with van der Waals surface area (Å²) in [5.41, 5.74) is 3.71. The molecule has 4 rings (SSSR count). The lowest BCUT2D eigenvalue weighted by Crippen LogP contribution is -2.32. The maximum Gasteiger partial charge on any atom is 0.123 e. The topological polar surface area (TPSA) is 24.1 Å². The average Bonchev–Trinajstić information content (AvgIpc) is 2.97. The molecular weight excluding hydrogens is 251 g/mol. The van der Waals surface area contributed by atoms with Gasteiger partial charge in [-0.3, -0.25) is 0 Å². The summed E-state index contributed by atoms with van der Waals surface area (Å²) in [6.45, 7) is 1.04. The van der Waals surface area contributed by atoms with Crippen LogP contribution < -0.4 is 10.6 Å². The maximum absolute atomic E-state index is 13.1. The first-order valence-corrected chi connectivity index (χ1v) is 7.17. The monoisotopic (exact) mass is 268 g/mol. The molecule has 0 saturated carbocycles. The molecule has 2 aliphatic rings. The Kier molecular flexibility index (Phi) is 2.74. The van der Waals surface area contributed by atoms with Crippen LogP contribution in [-0.4, -0.2) is 6.54 Å². The van der Waals surface area contributed by atoms with Gasteiger partial charge in [-0.15, -0.1) is 0 Å². The van der Waals surface area contributed by atoms with Crippen LogP contribution in [0.4, 0.5) is 10.1 Å². The molecule has 102 valence electrons. The van der Waals surface area contributed by atoms with E-state index < -0.39 is 0 Å². The predicted octanol–water partition coefficient (Wildman–Crippen LogP) is 3.64. The second-order valence-electron chi connectivity index (χ2n) is 5.65. The van der Waals surface area contributed by atoms with Crippen LogP contribution in [-0.2, 0) is 0 Å². The van der Waals surface area contributed by atoms with Crippen molar-refractivity contribution in [2.45, 2.75) is 18.5 Å². The molecule has 0 radical (unpaired) electrons. The Morgan fingerprint density at radius 3 is 2.60 bits per heavy atom. The van der Waals surface area contributed by atoms with Gasteiger partial charge in [0.15, 0.2) is 0 Å². The van der Waals surface area contributed by atoms with E-state index >= 15 is 0 Å². The van der Waals surface area contributed by atoms with Gasteiger partial charge in [-0.2, -0.15) is 0 Å². The van der Waals surface area contributed by atoms with Crippen molar-refractivity contribution in [1.29, 1.82) is 0 Å². The van der Waals surface area contributed by atoms with Crippen LogP contribution in [0.3, 0.4) is 0 Å².